The number of anilines is 3. The highest BCUT2D eigenvalue weighted by Crippen LogP contribution is 2.39. The van der Waals surface area contributed by atoms with Crippen LogP contribution in [0.25, 0.3) is 21.8 Å². The van der Waals surface area contributed by atoms with Gasteiger partial charge in [0.05, 0.1) is 56.6 Å². The second kappa shape index (κ2) is 21.2. The molecule has 0 aliphatic carbocycles. The van der Waals surface area contributed by atoms with Gasteiger partial charge in [-0.15, -0.1) is 0 Å². The summed E-state index contributed by atoms with van der Waals surface area (Å²) in [5.74, 6) is 2.40. The Morgan fingerprint density at radius 1 is 0.580 bits per heavy atom. The van der Waals surface area contributed by atoms with Gasteiger partial charge in [0.15, 0.2) is 28.8 Å². The van der Waals surface area contributed by atoms with Crippen LogP contribution in [0.1, 0.15) is 18.1 Å². The zero-order valence-corrected chi connectivity index (χ0v) is 39.7. The molecular formula is C50H46FN5O11S2. The molecule has 0 bridgehead atoms. The Morgan fingerprint density at radius 3 is 1.64 bits per heavy atom. The molecule has 19 heteroatoms. The van der Waals surface area contributed by atoms with Crippen molar-refractivity contribution in [2.24, 2.45) is 0 Å². The van der Waals surface area contributed by atoms with E-state index in [-0.39, 0.29) is 33.7 Å². The molecule has 0 saturated carbocycles. The number of pyridine rings is 2. The minimum Gasteiger partial charge on any atom is -0.493 e. The number of hydrogen-bond acceptors (Lipinski definition) is 13. The van der Waals surface area contributed by atoms with Crippen molar-refractivity contribution < 1.29 is 54.4 Å². The number of aromatic nitrogens is 2. The van der Waals surface area contributed by atoms with Crippen molar-refractivity contribution in [1.29, 1.82) is 0 Å². The fourth-order valence-electron chi connectivity index (χ4n) is 6.91. The number of rotatable bonds is 16. The van der Waals surface area contributed by atoms with E-state index in [1.54, 1.807) is 137 Å². The molecule has 2 aromatic heterocycles. The van der Waals surface area contributed by atoms with Crippen molar-refractivity contribution in [1.82, 2.24) is 9.97 Å². The van der Waals surface area contributed by atoms with Gasteiger partial charge in [0, 0.05) is 54.0 Å². The molecule has 356 valence electrons. The lowest BCUT2D eigenvalue weighted by molar-refractivity contribution is -0.114. The fourth-order valence-corrected chi connectivity index (χ4v) is 9.42. The highest BCUT2D eigenvalue weighted by atomic mass is 32.2. The topological polar surface area (TPSA) is 203 Å². The molecule has 0 spiro atoms. The molecule has 1 amide bonds. The van der Waals surface area contributed by atoms with E-state index < -0.39 is 25.9 Å². The summed E-state index contributed by atoms with van der Waals surface area (Å²) in [5, 5.41) is 3.93. The number of methoxy groups -OCH3 is 4. The molecule has 16 nitrogen and oxygen atoms in total. The zero-order valence-electron chi connectivity index (χ0n) is 38.1. The quantitative estimate of drug-likeness (QED) is 0.0826. The molecule has 0 aliphatic rings. The van der Waals surface area contributed by atoms with Gasteiger partial charge in [0.2, 0.25) is 15.9 Å². The van der Waals surface area contributed by atoms with E-state index in [4.69, 9.17) is 28.4 Å². The standard InChI is InChI=1S/C26H25N3O6S.C24H21FN2O5S/c1-16-5-10-21(28-17(2)30)26(13-16)36(31,32)29-18-6-8-19(9-7-18)35-23-11-12-27-22-15-25(34-4)24(33-3)14-20(22)23;1-30-23-13-18-21(14-24(23)31-2)26-11-10-22(18)32-17-8-9-20(19(25)12-17)27-33(28,29)15-16-6-4-3-5-7-16/h5-15,29H,1-4H3,(H,28,30);3-14,27H,15H2,1-2H3. The molecule has 8 aromatic rings. The van der Waals surface area contributed by atoms with Crippen LogP contribution in [0.15, 0.2) is 145 Å². The van der Waals surface area contributed by atoms with Gasteiger partial charge in [0.25, 0.3) is 10.0 Å². The van der Waals surface area contributed by atoms with Gasteiger partial charge in [-0.05, 0) is 90.8 Å². The number of amides is 1. The Morgan fingerprint density at radius 2 is 1.10 bits per heavy atom. The second-order valence-electron chi connectivity index (χ2n) is 15.1. The summed E-state index contributed by atoms with van der Waals surface area (Å²) in [6.45, 7) is 3.10. The number of aryl methyl sites for hydroxylation is 1. The predicted molar refractivity (Wildman–Crippen MR) is 262 cm³/mol. The van der Waals surface area contributed by atoms with Crippen molar-refractivity contribution in [3.63, 3.8) is 0 Å². The molecule has 8 rings (SSSR count). The van der Waals surface area contributed by atoms with Crippen LogP contribution >= 0.6 is 0 Å². The lowest BCUT2D eigenvalue weighted by atomic mass is 10.2. The van der Waals surface area contributed by atoms with Gasteiger partial charge >= 0.3 is 0 Å². The van der Waals surface area contributed by atoms with Crippen LogP contribution in [0.3, 0.4) is 0 Å². The van der Waals surface area contributed by atoms with Crippen LogP contribution in [-0.2, 0) is 30.6 Å². The molecule has 0 aliphatic heterocycles. The number of benzene rings is 6. The summed E-state index contributed by atoms with van der Waals surface area (Å²) in [6, 6.07) is 34.2. The zero-order chi connectivity index (χ0) is 49.3. The molecule has 3 N–H and O–H groups in total. The Labute approximate surface area is 398 Å². The number of hydrogen-bond donors (Lipinski definition) is 3. The number of fused-ring (bicyclic) bond motifs is 2. The molecule has 0 fully saturated rings. The first-order chi connectivity index (χ1) is 33.1. The molecule has 6 aromatic carbocycles. The fraction of sp³-hybridized carbons (Fsp3) is 0.140. The van der Waals surface area contributed by atoms with Gasteiger partial charge in [-0.2, -0.15) is 0 Å². The van der Waals surface area contributed by atoms with Crippen molar-refractivity contribution >= 4 is 64.8 Å². The Bertz CT molecular complexity index is 3380. The van der Waals surface area contributed by atoms with Gasteiger partial charge in [-0.1, -0.05) is 36.4 Å². The van der Waals surface area contributed by atoms with Gasteiger partial charge in [-0.25, -0.2) is 21.2 Å². The summed E-state index contributed by atoms with van der Waals surface area (Å²) in [5.41, 5.74) is 3.00. The molecule has 2 heterocycles. The lowest BCUT2D eigenvalue weighted by Crippen LogP contribution is -2.17. The molecular weight excluding hydrogens is 930 g/mol. The van der Waals surface area contributed by atoms with E-state index in [0.717, 1.165) is 17.0 Å². The third-order valence-electron chi connectivity index (χ3n) is 10.1. The lowest BCUT2D eigenvalue weighted by Gasteiger charge is -2.14. The summed E-state index contributed by atoms with van der Waals surface area (Å²) >= 11 is 0. The normalized spacial score (nSPS) is 11.2. The Hall–Kier alpha value is -8.16. The first kappa shape index (κ1) is 48.8. The number of halogens is 1. The van der Waals surface area contributed by atoms with Gasteiger partial charge in [-0.3, -0.25) is 24.2 Å². The maximum Gasteiger partial charge on any atom is 0.263 e. The number of carbonyl (C=O) groups excluding carboxylic acids is 1. The largest absolute Gasteiger partial charge is 0.493 e. The van der Waals surface area contributed by atoms with Crippen molar-refractivity contribution in [2.75, 3.05) is 43.2 Å². The number of nitrogens with zero attached hydrogens (tertiary/aromatic N) is 2. The SMILES string of the molecule is COc1cc2nccc(Oc3ccc(NS(=O)(=O)Cc4ccccc4)c(F)c3)c2cc1OC.COc1cc2nccc(Oc3ccc(NS(=O)(=O)c4cc(C)ccc4NC(C)=O)cc3)c2cc1OC. The van der Waals surface area contributed by atoms with Crippen LogP contribution in [0.4, 0.5) is 21.5 Å². The van der Waals surface area contributed by atoms with E-state index in [0.29, 0.717) is 67.9 Å². The monoisotopic (exact) mass is 975 g/mol. The van der Waals surface area contributed by atoms with Crippen molar-refractivity contribution in [3.8, 4) is 46.0 Å². The highest BCUT2D eigenvalue weighted by molar-refractivity contribution is 7.93. The van der Waals surface area contributed by atoms with Crippen LogP contribution in [0.5, 0.6) is 46.0 Å². The summed E-state index contributed by atoms with van der Waals surface area (Å²) in [7, 11) is -1.60. The van der Waals surface area contributed by atoms with Crippen molar-refractivity contribution in [3.05, 3.63) is 157 Å². The average molecular weight is 976 g/mol. The van der Waals surface area contributed by atoms with Gasteiger partial charge in [0.1, 0.15) is 27.9 Å². The summed E-state index contributed by atoms with van der Waals surface area (Å²) < 4.78 is 104. The van der Waals surface area contributed by atoms with Crippen LogP contribution in [-0.4, -0.2) is 61.1 Å². The first-order valence-corrected chi connectivity index (χ1v) is 23.9. The average Bonchev–Trinajstić information content (AvgIpc) is 3.33. The Balaban J connectivity index is 0.000000205. The maximum atomic E-state index is 14.7. The number of sulfonamides is 2. The second-order valence-corrected chi connectivity index (χ2v) is 18.4. The van der Waals surface area contributed by atoms with Crippen molar-refractivity contribution in [2.45, 2.75) is 24.5 Å². The molecule has 0 saturated heterocycles. The number of carbonyl (C=O) groups is 1. The minimum atomic E-state index is -3.97. The van der Waals surface area contributed by atoms with E-state index in [2.05, 4.69) is 24.7 Å². The van der Waals surface area contributed by atoms with Crippen LogP contribution in [0.2, 0.25) is 0 Å². The molecule has 0 atom stereocenters. The molecule has 0 radical (unpaired) electrons. The maximum absolute atomic E-state index is 14.7. The summed E-state index contributed by atoms with van der Waals surface area (Å²) in [6.07, 6.45) is 3.19. The third-order valence-corrected chi connectivity index (χ3v) is 12.8. The van der Waals surface area contributed by atoms with Gasteiger partial charge < -0.3 is 33.7 Å². The van der Waals surface area contributed by atoms with E-state index in [1.807, 2.05) is 0 Å². The molecule has 0 unspecified atom stereocenters. The molecule has 69 heavy (non-hydrogen) atoms. The summed E-state index contributed by atoms with van der Waals surface area (Å²) in [4.78, 5) is 20.2. The highest BCUT2D eigenvalue weighted by Gasteiger charge is 2.21. The van der Waals surface area contributed by atoms with E-state index in [9.17, 15) is 26.0 Å². The smallest absolute Gasteiger partial charge is 0.263 e. The van der Waals surface area contributed by atoms with Crippen LogP contribution < -0.4 is 43.2 Å². The van der Waals surface area contributed by atoms with Crippen LogP contribution in [0, 0.1) is 12.7 Å². The number of nitrogens with one attached hydrogen (secondary N) is 3. The minimum absolute atomic E-state index is 0.0225. The predicted octanol–water partition coefficient (Wildman–Crippen LogP) is 10.2. The third kappa shape index (κ3) is 12.1. The van der Waals surface area contributed by atoms with E-state index >= 15 is 0 Å². The first-order valence-electron chi connectivity index (χ1n) is 20.8. The Kier molecular flexibility index (Phi) is 15.0. The number of ether oxygens (including phenoxy) is 6. The van der Waals surface area contributed by atoms with E-state index in [1.165, 1.54) is 39.3 Å².